The third kappa shape index (κ3) is 42.0. The lowest BCUT2D eigenvalue weighted by Crippen LogP contribution is -2.30. The molecule has 1 atom stereocenters. The van der Waals surface area contributed by atoms with Crippen molar-refractivity contribution in [2.75, 3.05) is 13.2 Å². The summed E-state index contributed by atoms with van der Waals surface area (Å²) in [5.74, 6) is -1.01. The van der Waals surface area contributed by atoms with E-state index in [1.54, 1.807) is 0 Å². The summed E-state index contributed by atoms with van der Waals surface area (Å²) < 4.78 is 16.6. The van der Waals surface area contributed by atoms with Gasteiger partial charge in [0.1, 0.15) is 13.2 Å². The van der Waals surface area contributed by atoms with Crippen LogP contribution in [0.2, 0.25) is 0 Å². The zero-order valence-corrected chi connectivity index (χ0v) is 36.4. The normalized spacial score (nSPS) is 12.7. The molecular formula is C50H84O6. The summed E-state index contributed by atoms with van der Waals surface area (Å²) in [4.78, 5) is 37.7. The fourth-order valence-electron chi connectivity index (χ4n) is 5.97. The lowest BCUT2D eigenvalue weighted by molar-refractivity contribution is -0.166. The number of carbonyl (C=O) groups is 3. The molecule has 320 valence electrons. The van der Waals surface area contributed by atoms with Crippen molar-refractivity contribution in [3.63, 3.8) is 0 Å². The standard InChI is InChI=1S/C50H84O6/c1-4-7-10-13-16-19-22-25-28-31-34-37-40-43-49(52)55-46-47(45-54-48(51)42-39-36-33-30-27-24-21-18-15-12-9-6-3)56-50(53)44-41-38-35-32-29-26-23-20-17-14-11-8-5-2/h7,10,16,18-21,23,25,28,34,37,47H,4-6,8-9,11-15,17,22,24,26-27,29-33,35-36,38-46H2,1-3H3/b10-7-,19-16-,21-18-,23-20-,28-25-,37-34-. The van der Waals surface area contributed by atoms with Gasteiger partial charge in [-0.25, -0.2) is 0 Å². The first-order valence-corrected chi connectivity index (χ1v) is 22.9. The van der Waals surface area contributed by atoms with E-state index in [4.69, 9.17) is 14.2 Å². The van der Waals surface area contributed by atoms with Gasteiger partial charge in [-0.3, -0.25) is 14.4 Å². The van der Waals surface area contributed by atoms with Gasteiger partial charge in [0.15, 0.2) is 6.10 Å². The molecule has 0 spiro atoms. The Bertz CT molecular complexity index is 1080. The van der Waals surface area contributed by atoms with Crippen LogP contribution in [0.3, 0.4) is 0 Å². The molecule has 0 aliphatic carbocycles. The minimum Gasteiger partial charge on any atom is -0.462 e. The smallest absolute Gasteiger partial charge is 0.306 e. The lowest BCUT2D eigenvalue weighted by atomic mass is 10.1. The van der Waals surface area contributed by atoms with Crippen molar-refractivity contribution in [2.45, 2.75) is 213 Å². The molecule has 0 fully saturated rings. The molecule has 0 N–H and O–H groups in total. The largest absolute Gasteiger partial charge is 0.462 e. The first-order valence-electron chi connectivity index (χ1n) is 22.9. The van der Waals surface area contributed by atoms with Gasteiger partial charge < -0.3 is 14.2 Å². The van der Waals surface area contributed by atoms with Crippen molar-refractivity contribution >= 4 is 17.9 Å². The molecule has 0 saturated heterocycles. The van der Waals surface area contributed by atoms with Crippen molar-refractivity contribution in [2.24, 2.45) is 0 Å². The number of hydrogen-bond donors (Lipinski definition) is 0. The molecule has 0 amide bonds. The van der Waals surface area contributed by atoms with Gasteiger partial charge in [0, 0.05) is 19.3 Å². The highest BCUT2D eigenvalue weighted by Crippen LogP contribution is 2.12. The number of unbranched alkanes of at least 4 members (excludes halogenated alkanes) is 17. The van der Waals surface area contributed by atoms with E-state index in [0.717, 1.165) is 89.9 Å². The highest BCUT2D eigenvalue weighted by molar-refractivity contribution is 5.71. The molecule has 0 aromatic heterocycles. The van der Waals surface area contributed by atoms with Crippen LogP contribution in [0.4, 0.5) is 0 Å². The quantitative estimate of drug-likeness (QED) is 0.0267. The summed E-state index contributed by atoms with van der Waals surface area (Å²) in [5.41, 5.74) is 0. The van der Waals surface area contributed by atoms with Crippen molar-refractivity contribution in [3.8, 4) is 0 Å². The molecule has 0 radical (unpaired) electrons. The SMILES string of the molecule is CC/C=C\C/C=C\C/C=C\C/C=C\CCC(=O)OCC(COC(=O)CCCCCCC/C=C\CCCCC)OC(=O)CCCCCCC/C=C\CCCCCC. The second kappa shape index (κ2) is 44.6. The Morgan fingerprint density at radius 3 is 1.23 bits per heavy atom. The van der Waals surface area contributed by atoms with Gasteiger partial charge in [-0.1, -0.05) is 164 Å². The van der Waals surface area contributed by atoms with E-state index in [9.17, 15) is 14.4 Å². The van der Waals surface area contributed by atoms with Gasteiger partial charge in [0.25, 0.3) is 0 Å². The van der Waals surface area contributed by atoms with Gasteiger partial charge >= 0.3 is 17.9 Å². The Morgan fingerprint density at radius 2 is 0.732 bits per heavy atom. The number of allylic oxidation sites excluding steroid dienone is 12. The third-order valence-electron chi connectivity index (χ3n) is 9.43. The topological polar surface area (TPSA) is 78.9 Å². The van der Waals surface area contributed by atoms with Crippen LogP contribution in [0, 0.1) is 0 Å². The average Bonchev–Trinajstić information content (AvgIpc) is 3.19. The molecule has 1 unspecified atom stereocenters. The van der Waals surface area contributed by atoms with Crippen LogP contribution in [0.25, 0.3) is 0 Å². The number of carbonyl (C=O) groups excluding carboxylic acids is 3. The van der Waals surface area contributed by atoms with E-state index in [1.165, 1.54) is 70.6 Å². The maximum Gasteiger partial charge on any atom is 0.306 e. The maximum absolute atomic E-state index is 12.7. The molecule has 0 bridgehead atoms. The summed E-state index contributed by atoms with van der Waals surface area (Å²) in [6.45, 7) is 6.38. The van der Waals surface area contributed by atoms with E-state index in [1.807, 2.05) is 12.2 Å². The molecular weight excluding hydrogens is 697 g/mol. The molecule has 6 nitrogen and oxygen atoms in total. The minimum absolute atomic E-state index is 0.106. The Morgan fingerprint density at radius 1 is 0.375 bits per heavy atom. The number of rotatable bonds is 40. The monoisotopic (exact) mass is 781 g/mol. The molecule has 0 heterocycles. The average molecular weight is 781 g/mol. The Hall–Kier alpha value is -3.15. The Balaban J connectivity index is 4.51. The van der Waals surface area contributed by atoms with Crippen molar-refractivity contribution in [1.82, 2.24) is 0 Å². The van der Waals surface area contributed by atoms with E-state index < -0.39 is 6.10 Å². The summed E-state index contributed by atoms with van der Waals surface area (Å²) >= 11 is 0. The first-order chi connectivity index (χ1) is 27.5. The highest BCUT2D eigenvalue weighted by Gasteiger charge is 2.19. The van der Waals surface area contributed by atoms with Crippen LogP contribution < -0.4 is 0 Å². The molecule has 0 rings (SSSR count). The summed E-state index contributed by atoms with van der Waals surface area (Å²) in [7, 11) is 0. The number of ether oxygens (including phenoxy) is 3. The number of esters is 3. The van der Waals surface area contributed by atoms with Crippen molar-refractivity contribution in [3.05, 3.63) is 72.9 Å². The molecule has 56 heavy (non-hydrogen) atoms. The minimum atomic E-state index is -0.809. The van der Waals surface area contributed by atoms with Gasteiger partial charge in [-0.15, -0.1) is 0 Å². The Kier molecular flexibility index (Phi) is 42.1. The molecule has 0 aromatic carbocycles. The van der Waals surface area contributed by atoms with E-state index in [-0.39, 0.29) is 37.5 Å². The molecule has 0 aliphatic heterocycles. The van der Waals surface area contributed by atoms with Crippen LogP contribution in [-0.4, -0.2) is 37.2 Å². The highest BCUT2D eigenvalue weighted by atomic mass is 16.6. The van der Waals surface area contributed by atoms with Gasteiger partial charge in [0.2, 0.25) is 0 Å². The van der Waals surface area contributed by atoms with Crippen molar-refractivity contribution < 1.29 is 28.6 Å². The summed E-state index contributed by atoms with van der Waals surface area (Å²) in [6.07, 6.45) is 54.6. The van der Waals surface area contributed by atoms with Gasteiger partial charge in [0.05, 0.1) is 0 Å². The van der Waals surface area contributed by atoms with Gasteiger partial charge in [-0.05, 0) is 96.3 Å². The van der Waals surface area contributed by atoms with E-state index in [0.29, 0.717) is 19.3 Å². The molecule has 0 saturated carbocycles. The van der Waals surface area contributed by atoms with Crippen LogP contribution in [0.1, 0.15) is 207 Å². The number of hydrogen-bond acceptors (Lipinski definition) is 6. The predicted molar refractivity (Wildman–Crippen MR) is 238 cm³/mol. The van der Waals surface area contributed by atoms with E-state index in [2.05, 4.69) is 81.5 Å². The predicted octanol–water partition coefficient (Wildman–Crippen LogP) is 14.7. The van der Waals surface area contributed by atoms with Crippen LogP contribution in [0.5, 0.6) is 0 Å². The second-order valence-corrected chi connectivity index (χ2v) is 14.9. The summed E-state index contributed by atoms with van der Waals surface area (Å²) in [6, 6.07) is 0. The molecule has 0 aromatic rings. The lowest BCUT2D eigenvalue weighted by Gasteiger charge is -2.18. The van der Waals surface area contributed by atoms with Gasteiger partial charge in [-0.2, -0.15) is 0 Å². The molecule has 0 aliphatic rings. The maximum atomic E-state index is 12.7. The van der Waals surface area contributed by atoms with E-state index >= 15 is 0 Å². The fourth-order valence-corrected chi connectivity index (χ4v) is 5.97. The van der Waals surface area contributed by atoms with Crippen molar-refractivity contribution in [1.29, 1.82) is 0 Å². The van der Waals surface area contributed by atoms with Crippen LogP contribution in [0.15, 0.2) is 72.9 Å². The van der Waals surface area contributed by atoms with Crippen LogP contribution >= 0.6 is 0 Å². The summed E-state index contributed by atoms with van der Waals surface area (Å²) in [5, 5.41) is 0. The zero-order valence-electron chi connectivity index (χ0n) is 36.4. The fraction of sp³-hybridized carbons (Fsp3) is 0.700. The second-order valence-electron chi connectivity index (χ2n) is 14.9. The van der Waals surface area contributed by atoms with Crippen LogP contribution in [-0.2, 0) is 28.6 Å². The zero-order chi connectivity index (χ0) is 40.8. The third-order valence-corrected chi connectivity index (χ3v) is 9.43. The first kappa shape index (κ1) is 52.9. The molecule has 6 heteroatoms. The Labute approximate surface area is 344 Å².